The maximum Gasteiger partial charge on any atom is 0.335 e. The molecule has 0 spiro atoms. The molecule has 4 aliphatic carbocycles. The van der Waals surface area contributed by atoms with E-state index in [0.717, 1.165) is 79.5 Å². The van der Waals surface area contributed by atoms with Gasteiger partial charge in [-0.25, -0.2) is 9.78 Å². The molecule has 0 aliphatic heterocycles. The molecule has 9 heteroatoms. The molecule has 2 bridgehead atoms. The molecule has 4 aliphatic rings. The van der Waals surface area contributed by atoms with Crippen LogP contribution in [0.4, 0.5) is 0 Å². The van der Waals surface area contributed by atoms with Crippen LogP contribution in [0.3, 0.4) is 0 Å². The summed E-state index contributed by atoms with van der Waals surface area (Å²) in [5, 5.41) is 14.8. The number of aromatic nitrogens is 3. The minimum absolute atomic E-state index is 0.0276. The highest BCUT2D eigenvalue weighted by Crippen LogP contribution is 2.55. The molecule has 38 heavy (non-hydrogen) atoms. The molecule has 4 aromatic rings. The summed E-state index contributed by atoms with van der Waals surface area (Å²) in [7, 11) is 0. The van der Waals surface area contributed by atoms with E-state index in [1.807, 2.05) is 18.2 Å². The predicted octanol–water partition coefficient (Wildman–Crippen LogP) is 7.66. The summed E-state index contributed by atoms with van der Waals surface area (Å²) < 4.78 is 12.6. The van der Waals surface area contributed by atoms with Gasteiger partial charge >= 0.3 is 5.97 Å². The number of fused-ring (bicyclic) bond motifs is 4. The second-order valence-corrected chi connectivity index (χ2v) is 11.9. The van der Waals surface area contributed by atoms with Crippen LogP contribution in [0.5, 0.6) is 0 Å². The van der Waals surface area contributed by atoms with Gasteiger partial charge in [-0.1, -0.05) is 34.4 Å². The molecule has 2 N–H and O–H groups in total. The molecule has 0 atom stereocenters. The van der Waals surface area contributed by atoms with Crippen LogP contribution in [0.25, 0.3) is 22.3 Å². The molecule has 0 radical (unpaired) electrons. The first-order chi connectivity index (χ1) is 18.4. The molecule has 2 aromatic carbocycles. The van der Waals surface area contributed by atoms with Crippen molar-refractivity contribution in [3.8, 4) is 11.3 Å². The van der Waals surface area contributed by atoms with Crippen molar-refractivity contribution in [2.75, 3.05) is 0 Å². The standard InChI is InChI=1S/C29H27Cl2N3O4/c30-19-2-1-3-20(31)23(19)24-18(25(38-34-24)16-4-5-16)15-37-29-11-8-28(9-12-29,10-13-29)27-32-21-7-6-17(26(35)36)14-22(21)33-27/h1-3,6-7,14,16H,4-5,8-13,15H2,(H,32,33)(H,35,36). The monoisotopic (exact) mass is 551 g/mol. The maximum absolute atomic E-state index is 11.4. The quantitative estimate of drug-likeness (QED) is 0.244. The van der Waals surface area contributed by atoms with E-state index in [-0.39, 0.29) is 16.6 Å². The molecule has 2 heterocycles. The fourth-order valence-corrected chi connectivity index (χ4v) is 6.97. The lowest BCUT2D eigenvalue weighted by Gasteiger charge is -2.52. The van der Waals surface area contributed by atoms with Crippen LogP contribution in [0.1, 0.15) is 84.8 Å². The van der Waals surface area contributed by atoms with Crippen molar-refractivity contribution in [3.05, 3.63) is 69.2 Å². The Morgan fingerprint density at radius 2 is 1.79 bits per heavy atom. The third-order valence-electron chi connectivity index (χ3n) is 8.90. The van der Waals surface area contributed by atoms with Gasteiger partial charge in [-0.05, 0) is 81.7 Å². The first-order valence-electron chi connectivity index (χ1n) is 13.2. The Hall–Kier alpha value is -2.87. The van der Waals surface area contributed by atoms with Crippen molar-refractivity contribution in [2.24, 2.45) is 0 Å². The number of carboxylic acids is 1. The van der Waals surface area contributed by atoms with Gasteiger partial charge in [0.05, 0.1) is 38.9 Å². The van der Waals surface area contributed by atoms with Crippen LogP contribution in [-0.2, 0) is 16.8 Å². The normalized spacial score (nSPS) is 24.8. The highest BCUT2D eigenvalue weighted by Gasteiger charge is 2.51. The lowest BCUT2D eigenvalue weighted by molar-refractivity contribution is -0.128. The third kappa shape index (κ3) is 3.94. The summed E-state index contributed by atoms with van der Waals surface area (Å²) in [5.41, 5.74) is 3.98. The van der Waals surface area contributed by atoms with Crippen LogP contribution in [-0.4, -0.2) is 31.8 Å². The van der Waals surface area contributed by atoms with Gasteiger partial charge in [-0.2, -0.15) is 0 Å². The number of carbonyl (C=O) groups is 1. The Kier molecular flexibility index (Phi) is 5.62. The largest absolute Gasteiger partial charge is 0.478 e. The van der Waals surface area contributed by atoms with Gasteiger partial charge in [0.2, 0.25) is 0 Å². The van der Waals surface area contributed by atoms with E-state index in [2.05, 4.69) is 10.1 Å². The number of nitrogens with one attached hydrogen (secondary N) is 1. The Morgan fingerprint density at radius 3 is 2.45 bits per heavy atom. The van der Waals surface area contributed by atoms with Gasteiger partial charge in [-0.3, -0.25) is 0 Å². The van der Waals surface area contributed by atoms with E-state index in [9.17, 15) is 9.90 Å². The molecular formula is C29H27Cl2N3O4. The number of ether oxygens (including phenoxy) is 1. The number of hydrogen-bond acceptors (Lipinski definition) is 5. The summed E-state index contributed by atoms with van der Waals surface area (Å²) in [6, 6.07) is 10.5. The molecule has 196 valence electrons. The van der Waals surface area contributed by atoms with Crippen LogP contribution in [0.2, 0.25) is 10.0 Å². The zero-order valence-electron chi connectivity index (χ0n) is 20.7. The minimum Gasteiger partial charge on any atom is -0.478 e. The Bertz CT molecular complexity index is 1530. The van der Waals surface area contributed by atoms with Crippen LogP contribution in [0, 0.1) is 0 Å². The first-order valence-corrected chi connectivity index (χ1v) is 13.9. The van der Waals surface area contributed by atoms with Crippen molar-refractivity contribution < 1.29 is 19.2 Å². The lowest BCUT2D eigenvalue weighted by atomic mass is 9.58. The summed E-state index contributed by atoms with van der Waals surface area (Å²) in [6.45, 7) is 0.418. The van der Waals surface area contributed by atoms with E-state index < -0.39 is 5.97 Å². The van der Waals surface area contributed by atoms with E-state index in [1.165, 1.54) is 0 Å². The topological polar surface area (TPSA) is 101 Å². The summed E-state index contributed by atoms with van der Waals surface area (Å²) in [5.74, 6) is 1.32. The number of benzene rings is 2. The summed E-state index contributed by atoms with van der Waals surface area (Å²) in [6.07, 6.45) is 7.93. The zero-order valence-corrected chi connectivity index (χ0v) is 22.2. The van der Waals surface area contributed by atoms with Gasteiger partial charge < -0.3 is 19.4 Å². The molecular weight excluding hydrogens is 525 g/mol. The Balaban J connectivity index is 1.12. The Morgan fingerprint density at radius 1 is 1.08 bits per heavy atom. The summed E-state index contributed by atoms with van der Waals surface area (Å²) in [4.78, 5) is 19.7. The highest BCUT2D eigenvalue weighted by atomic mass is 35.5. The molecule has 0 amide bonds. The van der Waals surface area contributed by atoms with Crippen molar-refractivity contribution >= 4 is 40.2 Å². The average molecular weight is 552 g/mol. The molecule has 7 nitrogen and oxygen atoms in total. The second-order valence-electron chi connectivity index (χ2n) is 11.1. The molecule has 8 rings (SSSR count). The van der Waals surface area contributed by atoms with Crippen molar-refractivity contribution in [1.82, 2.24) is 15.1 Å². The van der Waals surface area contributed by atoms with Crippen molar-refractivity contribution in [2.45, 2.75) is 74.9 Å². The fraction of sp³-hybridized carbons (Fsp3) is 0.414. The van der Waals surface area contributed by atoms with E-state index >= 15 is 0 Å². The molecule has 4 saturated carbocycles. The predicted molar refractivity (Wildman–Crippen MR) is 144 cm³/mol. The van der Waals surface area contributed by atoms with E-state index in [4.69, 9.17) is 37.4 Å². The Labute approximate surface area is 229 Å². The van der Waals surface area contributed by atoms with Crippen LogP contribution < -0.4 is 0 Å². The first kappa shape index (κ1) is 24.2. The highest BCUT2D eigenvalue weighted by molar-refractivity contribution is 6.39. The molecule has 0 unspecified atom stereocenters. The van der Waals surface area contributed by atoms with Crippen LogP contribution >= 0.6 is 23.2 Å². The number of rotatable bonds is 7. The number of hydrogen-bond donors (Lipinski definition) is 2. The number of carboxylic acid groups (broad SMARTS) is 1. The van der Waals surface area contributed by atoms with E-state index in [1.54, 1.807) is 18.2 Å². The number of aromatic carboxylic acids is 1. The van der Waals surface area contributed by atoms with Gasteiger partial charge in [0, 0.05) is 22.5 Å². The van der Waals surface area contributed by atoms with Gasteiger partial charge in [0.1, 0.15) is 17.3 Å². The molecule has 2 aromatic heterocycles. The smallest absolute Gasteiger partial charge is 0.335 e. The SMILES string of the molecule is O=C(O)c1ccc2nc(C34CCC(OCc5c(-c6c(Cl)cccc6Cl)noc5C5CC5)(CC3)CC4)[nH]c2c1. The minimum atomic E-state index is -0.934. The fourth-order valence-electron chi connectivity index (χ4n) is 6.39. The number of imidazole rings is 1. The third-order valence-corrected chi connectivity index (χ3v) is 9.53. The number of H-pyrrole nitrogens is 1. The van der Waals surface area contributed by atoms with Crippen molar-refractivity contribution in [1.29, 1.82) is 0 Å². The van der Waals surface area contributed by atoms with Gasteiger partial charge in [-0.15, -0.1) is 0 Å². The van der Waals surface area contributed by atoms with Crippen molar-refractivity contribution in [3.63, 3.8) is 0 Å². The lowest BCUT2D eigenvalue weighted by Crippen LogP contribution is -2.50. The average Bonchev–Trinajstić information content (AvgIpc) is 3.53. The number of halogens is 2. The second kappa shape index (κ2) is 8.83. The number of nitrogens with zero attached hydrogens (tertiary/aromatic N) is 2. The molecule has 4 fully saturated rings. The zero-order chi connectivity index (χ0) is 26.1. The molecule has 0 saturated heterocycles. The van der Waals surface area contributed by atoms with Crippen LogP contribution in [0.15, 0.2) is 40.9 Å². The van der Waals surface area contributed by atoms with E-state index in [0.29, 0.717) is 33.8 Å². The number of aromatic amines is 1. The summed E-state index contributed by atoms with van der Waals surface area (Å²) >= 11 is 13.1. The maximum atomic E-state index is 11.4. The van der Waals surface area contributed by atoms with Gasteiger partial charge in [0.25, 0.3) is 0 Å². The van der Waals surface area contributed by atoms with Gasteiger partial charge in [0.15, 0.2) is 0 Å².